The Morgan fingerprint density at radius 2 is 1.73 bits per heavy atom. The fourth-order valence-corrected chi connectivity index (χ4v) is 3.48. The van der Waals surface area contributed by atoms with E-state index in [1.165, 1.54) is 4.70 Å². The van der Waals surface area contributed by atoms with Crippen LogP contribution in [0.3, 0.4) is 0 Å². The topological polar surface area (TPSA) is 66.2 Å². The molecule has 0 aliphatic rings. The van der Waals surface area contributed by atoms with Gasteiger partial charge >= 0.3 is 7.12 Å². The normalized spacial score (nSPS) is 11.2. The summed E-state index contributed by atoms with van der Waals surface area (Å²) in [5, 5.41) is 19.4. The molecule has 2 N–H and O–H groups in total. The molecule has 4 nitrogen and oxygen atoms in total. The summed E-state index contributed by atoms with van der Waals surface area (Å²) in [5.41, 5.74) is 3.06. The highest BCUT2D eigenvalue weighted by Gasteiger charge is 2.12. The van der Waals surface area contributed by atoms with Crippen LogP contribution in [0.2, 0.25) is 0 Å². The lowest BCUT2D eigenvalue weighted by molar-refractivity contribution is 0.426. The number of thiophene rings is 1. The van der Waals surface area contributed by atoms with Crippen molar-refractivity contribution in [2.45, 2.75) is 0 Å². The van der Waals surface area contributed by atoms with Gasteiger partial charge in [0.05, 0.1) is 11.9 Å². The molecule has 0 fully saturated rings. The lowest BCUT2D eigenvalue weighted by atomic mass is 9.80. The summed E-state index contributed by atoms with van der Waals surface area (Å²) in [7, 11) is -1.45. The van der Waals surface area contributed by atoms with E-state index in [0.717, 1.165) is 27.0 Å². The zero-order valence-corrected chi connectivity index (χ0v) is 12.3. The average Bonchev–Trinajstić information content (AvgIpc) is 2.92. The quantitative estimate of drug-likeness (QED) is 0.557. The second-order valence-electron chi connectivity index (χ2n) is 5.00. The minimum atomic E-state index is -1.45. The zero-order chi connectivity index (χ0) is 15.1. The van der Waals surface area contributed by atoms with Gasteiger partial charge in [0.15, 0.2) is 0 Å². The second kappa shape index (κ2) is 5.17. The Bertz CT molecular complexity index is 967. The standard InChI is InChI=1S/C16H11BN2O2S/c20-17(21)11-7-5-10(6-8-11)13-9-18-15-12-3-1-2-4-14(12)22-16(15)19-13/h1-9,20-21H. The van der Waals surface area contributed by atoms with E-state index in [2.05, 4.69) is 22.1 Å². The second-order valence-corrected chi connectivity index (χ2v) is 6.03. The van der Waals surface area contributed by atoms with Crippen molar-refractivity contribution in [1.29, 1.82) is 0 Å². The summed E-state index contributed by atoms with van der Waals surface area (Å²) in [6.07, 6.45) is 1.76. The third kappa shape index (κ3) is 2.18. The van der Waals surface area contributed by atoms with Crippen molar-refractivity contribution in [2.24, 2.45) is 0 Å². The Labute approximate surface area is 130 Å². The summed E-state index contributed by atoms with van der Waals surface area (Å²) >= 11 is 1.62. The number of rotatable bonds is 2. The van der Waals surface area contributed by atoms with Crippen LogP contribution in [0.15, 0.2) is 54.7 Å². The molecule has 2 aromatic carbocycles. The number of aromatic nitrogens is 2. The minimum Gasteiger partial charge on any atom is -0.423 e. The van der Waals surface area contributed by atoms with E-state index in [0.29, 0.717) is 5.46 Å². The van der Waals surface area contributed by atoms with Gasteiger partial charge in [0.2, 0.25) is 0 Å². The van der Waals surface area contributed by atoms with Crippen molar-refractivity contribution >= 4 is 44.4 Å². The summed E-state index contributed by atoms with van der Waals surface area (Å²) in [5.74, 6) is 0. The van der Waals surface area contributed by atoms with E-state index in [1.54, 1.807) is 29.7 Å². The van der Waals surface area contributed by atoms with Crippen molar-refractivity contribution in [3.63, 3.8) is 0 Å². The number of nitrogens with zero attached hydrogens (tertiary/aromatic N) is 2. The molecule has 0 saturated carbocycles. The maximum Gasteiger partial charge on any atom is 0.488 e. The molecule has 0 aliphatic carbocycles. The third-order valence-electron chi connectivity index (χ3n) is 3.59. The van der Waals surface area contributed by atoms with Gasteiger partial charge in [0, 0.05) is 15.6 Å². The van der Waals surface area contributed by atoms with E-state index in [-0.39, 0.29) is 0 Å². The summed E-state index contributed by atoms with van der Waals surface area (Å²) < 4.78 is 1.17. The predicted molar refractivity (Wildman–Crippen MR) is 90.2 cm³/mol. The first-order chi connectivity index (χ1) is 10.7. The summed E-state index contributed by atoms with van der Waals surface area (Å²) in [6, 6.07) is 15.1. The van der Waals surface area contributed by atoms with Crippen LogP contribution in [-0.4, -0.2) is 27.1 Å². The average molecular weight is 306 g/mol. The van der Waals surface area contributed by atoms with Gasteiger partial charge in [-0.1, -0.05) is 42.5 Å². The van der Waals surface area contributed by atoms with Crippen LogP contribution in [0, 0.1) is 0 Å². The fourth-order valence-electron chi connectivity index (χ4n) is 2.45. The van der Waals surface area contributed by atoms with Crippen molar-refractivity contribution in [3.8, 4) is 11.3 Å². The molecule has 2 heterocycles. The monoisotopic (exact) mass is 306 g/mol. The molecule has 0 spiro atoms. The molecule has 4 aromatic rings. The molecule has 2 aromatic heterocycles. The fraction of sp³-hybridized carbons (Fsp3) is 0. The van der Waals surface area contributed by atoms with E-state index in [9.17, 15) is 0 Å². The van der Waals surface area contributed by atoms with Crippen molar-refractivity contribution in [2.75, 3.05) is 0 Å². The van der Waals surface area contributed by atoms with Crippen LogP contribution in [0.1, 0.15) is 0 Å². The summed E-state index contributed by atoms with van der Waals surface area (Å²) in [6.45, 7) is 0. The SMILES string of the molecule is OB(O)c1ccc(-c2cnc3c(n2)sc2ccccc23)cc1. The Balaban J connectivity index is 1.83. The smallest absolute Gasteiger partial charge is 0.423 e. The van der Waals surface area contributed by atoms with E-state index in [1.807, 2.05) is 24.3 Å². The van der Waals surface area contributed by atoms with Crippen LogP contribution >= 0.6 is 11.3 Å². The van der Waals surface area contributed by atoms with Crippen LogP contribution < -0.4 is 5.46 Å². The Hall–Kier alpha value is -2.28. The van der Waals surface area contributed by atoms with Crippen molar-refractivity contribution < 1.29 is 10.0 Å². The highest BCUT2D eigenvalue weighted by molar-refractivity contribution is 7.25. The Kier molecular flexibility index (Phi) is 3.15. The molecule has 0 atom stereocenters. The van der Waals surface area contributed by atoms with E-state index in [4.69, 9.17) is 10.0 Å². The van der Waals surface area contributed by atoms with Gasteiger partial charge in [-0.05, 0) is 11.5 Å². The Morgan fingerprint density at radius 1 is 0.955 bits per heavy atom. The third-order valence-corrected chi connectivity index (χ3v) is 4.65. The van der Waals surface area contributed by atoms with Crippen molar-refractivity contribution in [1.82, 2.24) is 9.97 Å². The largest absolute Gasteiger partial charge is 0.488 e. The molecule has 0 aliphatic heterocycles. The minimum absolute atomic E-state index is 0.458. The van der Waals surface area contributed by atoms with Crippen LogP contribution in [0.5, 0.6) is 0 Å². The van der Waals surface area contributed by atoms with Gasteiger partial charge in [-0.3, -0.25) is 4.98 Å². The zero-order valence-electron chi connectivity index (χ0n) is 11.5. The predicted octanol–water partition coefficient (Wildman–Crippen LogP) is 2.19. The molecule has 6 heteroatoms. The highest BCUT2D eigenvalue weighted by Crippen LogP contribution is 2.32. The molecular weight excluding hydrogens is 295 g/mol. The van der Waals surface area contributed by atoms with Gasteiger partial charge in [0.25, 0.3) is 0 Å². The van der Waals surface area contributed by atoms with Gasteiger partial charge < -0.3 is 10.0 Å². The lowest BCUT2D eigenvalue weighted by Gasteiger charge is -2.03. The van der Waals surface area contributed by atoms with Crippen LogP contribution in [0.25, 0.3) is 31.7 Å². The maximum atomic E-state index is 9.14. The van der Waals surface area contributed by atoms with Gasteiger partial charge in [-0.25, -0.2) is 4.98 Å². The molecule has 4 rings (SSSR count). The van der Waals surface area contributed by atoms with Crippen LogP contribution in [-0.2, 0) is 0 Å². The van der Waals surface area contributed by atoms with Crippen molar-refractivity contribution in [3.05, 3.63) is 54.7 Å². The highest BCUT2D eigenvalue weighted by atomic mass is 32.1. The molecule has 0 unspecified atom stereocenters. The Morgan fingerprint density at radius 3 is 2.50 bits per heavy atom. The van der Waals surface area contributed by atoms with E-state index >= 15 is 0 Å². The number of hydrogen-bond acceptors (Lipinski definition) is 5. The first-order valence-corrected chi connectivity index (χ1v) is 7.65. The summed E-state index contributed by atoms with van der Waals surface area (Å²) in [4.78, 5) is 10.1. The molecule has 0 radical (unpaired) electrons. The molecule has 0 saturated heterocycles. The van der Waals surface area contributed by atoms with Crippen LogP contribution in [0.4, 0.5) is 0 Å². The first-order valence-electron chi connectivity index (χ1n) is 6.83. The van der Waals surface area contributed by atoms with E-state index < -0.39 is 7.12 Å². The van der Waals surface area contributed by atoms with Gasteiger partial charge in [0.1, 0.15) is 10.3 Å². The molecular formula is C16H11BN2O2S. The molecule has 22 heavy (non-hydrogen) atoms. The maximum absolute atomic E-state index is 9.14. The number of fused-ring (bicyclic) bond motifs is 3. The van der Waals surface area contributed by atoms with Gasteiger partial charge in [-0.2, -0.15) is 0 Å². The van der Waals surface area contributed by atoms with Gasteiger partial charge in [-0.15, -0.1) is 11.3 Å². The molecule has 106 valence electrons. The molecule has 0 bridgehead atoms. The molecule has 0 amide bonds. The lowest BCUT2D eigenvalue weighted by Crippen LogP contribution is -2.29. The first kappa shape index (κ1) is 13.4. The number of benzene rings is 2. The number of hydrogen-bond donors (Lipinski definition) is 2.